The molecule has 0 saturated carbocycles. The highest BCUT2D eigenvalue weighted by molar-refractivity contribution is 9.10. The lowest BCUT2D eigenvalue weighted by Gasteiger charge is -2.15. The van der Waals surface area contributed by atoms with Crippen molar-refractivity contribution in [1.29, 1.82) is 0 Å². The molecule has 0 aliphatic carbocycles. The monoisotopic (exact) mass is 355 g/mol. The molecule has 0 amide bonds. The second-order valence-corrected chi connectivity index (χ2v) is 5.65. The Morgan fingerprint density at radius 3 is 2.48 bits per heavy atom. The van der Waals surface area contributed by atoms with Crippen molar-refractivity contribution in [3.63, 3.8) is 0 Å². The molecular weight excluding hydrogens is 340 g/mol. The summed E-state index contributed by atoms with van der Waals surface area (Å²) in [6.07, 6.45) is 0. The second-order valence-electron chi connectivity index (χ2n) is 4.73. The summed E-state index contributed by atoms with van der Waals surface area (Å²) in [6, 6.07) is 7.63. The standard InChI is InChI=1S/C16H16BrF2NO/c1-10-6-12(17)7-11(8-20-2)16(10)21-9-13-14(18)4-3-5-15(13)19/h3-7,20H,8-9H2,1-2H3. The number of halogens is 3. The summed E-state index contributed by atoms with van der Waals surface area (Å²) >= 11 is 3.43. The third-order valence-electron chi connectivity index (χ3n) is 3.11. The van der Waals surface area contributed by atoms with E-state index >= 15 is 0 Å². The number of rotatable bonds is 5. The van der Waals surface area contributed by atoms with Crippen LogP contribution in [0.2, 0.25) is 0 Å². The third kappa shape index (κ3) is 3.80. The van der Waals surface area contributed by atoms with Gasteiger partial charge in [0.25, 0.3) is 0 Å². The quantitative estimate of drug-likeness (QED) is 0.861. The number of aryl methyl sites for hydroxylation is 1. The largest absolute Gasteiger partial charge is 0.488 e. The highest BCUT2D eigenvalue weighted by Crippen LogP contribution is 2.29. The van der Waals surface area contributed by atoms with E-state index in [0.717, 1.165) is 15.6 Å². The van der Waals surface area contributed by atoms with Crippen LogP contribution in [0.4, 0.5) is 8.78 Å². The minimum absolute atomic E-state index is 0.0600. The van der Waals surface area contributed by atoms with Crippen LogP contribution in [0.3, 0.4) is 0 Å². The Bertz CT molecular complexity index is 626. The van der Waals surface area contributed by atoms with E-state index in [-0.39, 0.29) is 12.2 Å². The van der Waals surface area contributed by atoms with Gasteiger partial charge >= 0.3 is 0 Å². The van der Waals surface area contributed by atoms with Gasteiger partial charge < -0.3 is 10.1 Å². The molecule has 0 radical (unpaired) electrons. The van der Waals surface area contributed by atoms with Gasteiger partial charge in [-0.25, -0.2) is 8.78 Å². The zero-order chi connectivity index (χ0) is 15.4. The number of ether oxygens (including phenoxy) is 1. The second kappa shape index (κ2) is 7.00. The average Bonchev–Trinajstić information content (AvgIpc) is 2.40. The molecule has 0 unspecified atom stereocenters. The smallest absolute Gasteiger partial charge is 0.132 e. The van der Waals surface area contributed by atoms with Crippen molar-refractivity contribution in [1.82, 2.24) is 5.32 Å². The van der Waals surface area contributed by atoms with Crippen LogP contribution in [0.1, 0.15) is 16.7 Å². The van der Waals surface area contributed by atoms with Crippen LogP contribution in [-0.4, -0.2) is 7.05 Å². The molecule has 2 rings (SSSR count). The van der Waals surface area contributed by atoms with Gasteiger partial charge in [-0.2, -0.15) is 0 Å². The summed E-state index contributed by atoms with van der Waals surface area (Å²) in [4.78, 5) is 0. The Morgan fingerprint density at radius 1 is 1.19 bits per heavy atom. The number of hydrogen-bond donors (Lipinski definition) is 1. The molecule has 21 heavy (non-hydrogen) atoms. The van der Waals surface area contributed by atoms with Crippen LogP contribution in [0.25, 0.3) is 0 Å². The first-order valence-electron chi connectivity index (χ1n) is 6.52. The molecule has 0 spiro atoms. The van der Waals surface area contributed by atoms with E-state index < -0.39 is 11.6 Å². The van der Waals surface area contributed by atoms with Gasteiger partial charge in [-0.3, -0.25) is 0 Å². The molecule has 0 aliphatic heterocycles. The van der Waals surface area contributed by atoms with E-state index in [2.05, 4.69) is 21.2 Å². The van der Waals surface area contributed by atoms with Gasteiger partial charge in [-0.05, 0) is 43.8 Å². The Kier molecular flexibility index (Phi) is 5.31. The molecule has 5 heteroatoms. The number of hydrogen-bond acceptors (Lipinski definition) is 2. The molecule has 0 heterocycles. The minimum atomic E-state index is -0.597. The van der Waals surface area contributed by atoms with E-state index in [4.69, 9.17) is 4.74 Å². The summed E-state index contributed by atoms with van der Waals surface area (Å²) in [5, 5.41) is 3.05. The van der Waals surface area contributed by atoms with Crippen molar-refractivity contribution >= 4 is 15.9 Å². The number of nitrogens with one attached hydrogen (secondary N) is 1. The fraction of sp³-hybridized carbons (Fsp3) is 0.250. The highest BCUT2D eigenvalue weighted by Gasteiger charge is 2.13. The fourth-order valence-corrected chi connectivity index (χ4v) is 2.76. The molecule has 0 bridgehead atoms. The minimum Gasteiger partial charge on any atom is -0.488 e. The molecular formula is C16H16BrF2NO. The Morgan fingerprint density at radius 2 is 1.86 bits per heavy atom. The number of benzene rings is 2. The summed E-state index contributed by atoms with van der Waals surface area (Å²) in [6.45, 7) is 2.37. The summed E-state index contributed by atoms with van der Waals surface area (Å²) in [5.74, 6) is -0.546. The molecule has 112 valence electrons. The van der Waals surface area contributed by atoms with Gasteiger partial charge in [0.2, 0.25) is 0 Å². The Hall–Kier alpha value is -1.46. The maximum atomic E-state index is 13.6. The van der Waals surface area contributed by atoms with E-state index in [1.165, 1.54) is 18.2 Å². The van der Waals surface area contributed by atoms with Crippen LogP contribution >= 0.6 is 15.9 Å². The topological polar surface area (TPSA) is 21.3 Å². The lowest BCUT2D eigenvalue weighted by Crippen LogP contribution is -2.09. The van der Waals surface area contributed by atoms with Crippen LogP contribution in [0.5, 0.6) is 5.75 Å². The van der Waals surface area contributed by atoms with E-state index in [1.807, 2.05) is 26.1 Å². The Balaban J connectivity index is 2.27. The Labute approximate surface area is 131 Å². The molecule has 1 N–H and O–H groups in total. The van der Waals surface area contributed by atoms with Crippen LogP contribution in [-0.2, 0) is 13.2 Å². The van der Waals surface area contributed by atoms with Crippen LogP contribution in [0.15, 0.2) is 34.8 Å². The first-order valence-corrected chi connectivity index (χ1v) is 7.31. The average molecular weight is 356 g/mol. The summed E-state index contributed by atoms with van der Waals surface area (Å²) in [7, 11) is 1.83. The fourth-order valence-electron chi connectivity index (χ4n) is 2.14. The molecule has 0 aliphatic rings. The van der Waals surface area contributed by atoms with E-state index in [0.29, 0.717) is 12.3 Å². The van der Waals surface area contributed by atoms with Crippen molar-refractivity contribution < 1.29 is 13.5 Å². The van der Waals surface area contributed by atoms with Crippen molar-refractivity contribution in [3.05, 3.63) is 63.1 Å². The molecule has 0 atom stereocenters. The van der Waals surface area contributed by atoms with Gasteiger partial charge in [0.05, 0.1) is 5.56 Å². The van der Waals surface area contributed by atoms with E-state index in [9.17, 15) is 8.78 Å². The van der Waals surface area contributed by atoms with E-state index in [1.54, 1.807) is 0 Å². The zero-order valence-corrected chi connectivity index (χ0v) is 13.4. The molecule has 2 aromatic rings. The predicted octanol–water partition coefficient (Wildman–Crippen LogP) is 4.33. The molecule has 0 aromatic heterocycles. The molecule has 0 saturated heterocycles. The normalized spacial score (nSPS) is 10.7. The maximum absolute atomic E-state index is 13.6. The van der Waals surface area contributed by atoms with Crippen molar-refractivity contribution in [2.24, 2.45) is 0 Å². The van der Waals surface area contributed by atoms with Gasteiger partial charge in [-0.1, -0.05) is 22.0 Å². The van der Waals surface area contributed by atoms with Gasteiger partial charge in [0.15, 0.2) is 0 Å². The third-order valence-corrected chi connectivity index (χ3v) is 3.56. The summed E-state index contributed by atoms with van der Waals surface area (Å²) in [5.41, 5.74) is 1.78. The molecule has 2 aromatic carbocycles. The van der Waals surface area contributed by atoms with Gasteiger partial charge in [0.1, 0.15) is 24.0 Å². The van der Waals surface area contributed by atoms with Gasteiger partial charge in [0, 0.05) is 16.6 Å². The first-order chi connectivity index (χ1) is 10.0. The zero-order valence-electron chi connectivity index (χ0n) is 11.8. The van der Waals surface area contributed by atoms with Crippen molar-refractivity contribution in [3.8, 4) is 5.75 Å². The van der Waals surface area contributed by atoms with Gasteiger partial charge in [-0.15, -0.1) is 0 Å². The highest BCUT2D eigenvalue weighted by atomic mass is 79.9. The van der Waals surface area contributed by atoms with Crippen LogP contribution < -0.4 is 10.1 Å². The van der Waals surface area contributed by atoms with Crippen LogP contribution in [0, 0.1) is 18.6 Å². The van der Waals surface area contributed by atoms with Crippen molar-refractivity contribution in [2.75, 3.05) is 7.05 Å². The molecule has 2 nitrogen and oxygen atoms in total. The predicted molar refractivity (Wildman–Crippen MR) is 82.3 cm³/mol. The maximum Gasteiger partial charge on any atom is 0.132 e. The molecule has 0 fully saturated rings. The van der Waals surface area contributed by atoms with Crippen molar-refractivity contribution in [2.45, 2.75) is 20.1 Å². The first kappa shape index (κ1) is 15.9. The summed E-state index contributed by atoms with van der Waals surface area (Å²) < 4.78 is 33.9. The SMILES string of the molecule is CNCc1cc(Br)cc(C)c1OCc1c(F)cccc1F. The lowest BCUT2D eigenvalue weighted by molar-refractivity contribution is 0.287. The lowest BCUT2D eigenvalue weighted by atomic mass is 10.1.